The van der Waals surface area contributed by atoms with Crippen LogP contribution >= 0.6 is 0 Å². The van der Waals surface area contributed by atoms with E-state index in [1.54, 1.807) is 47.8 Å². The molecule has 1 saturated heterocycles. The number of carbonyl (C=O) groups excluding carboxylic acids is 1. The Morgan fingerprint density at radius 3 is 2.78 bits per heavy atom. The van der Waals surface area contributed by atoms with Crippen LogP contribution < -0.4 is 0 Å². The topological polar surface area (TPSA) is 85.5 Å². The number of carbonyl (C=O) groups is 1. The largest absolute Gasteiger partial charge is 0.465 e. The van der Waals surface area contributed by atoms with Crippen LogP contribution in [0, 0.1) is 0 Å². The van der Waals surface area contributed by atoms with Crippen molar-refractivity contribution < 1.29 is 18.2 Å². The fourth-order valence-electron chi connectivity index (χ4n) is 2.37. The molecule has 0 atom stereocenters. The van der Waals surface area contributed by atoms with Gasteiger partial charge in [0.2, 0.25) is 17.6 Å². The highest BCUT2D eigenvalue weighted by atomic mass is 16.5. The first-order valence-electron chi connectivity index (χ1n) is 7.17. The number of hydrogen-bond acceptors (Lipinski definition) is 6. The molecule has 116 valence electrons. The van der Waals surface area contributed by atoms with Gasteiger partial charge in [-0.25, -0.2) is 0 Å². The lowest BCUT2D eigenvalue weighted by molar-refractivity contribution is -0.130. The fourth-order valence-corrected chi connectivity index (χ4v) is 2.37. The molecule has 4 heterocycles. The highest BCUT2D eigenvalue weighted by Gasteiger charge is 2.35. The first-order valence-corrected chi connectivity index (χ1v) is 7.17. The van der Waals surface area contributed by atoms with Crippen LogP contribution in [-0.4, -0.2) is 34.0 Å². The van der Waals surface area contributed by atoms with Crippen molar-refractivity contribution in [2.45, 2.75) is 5.92 Å². The van der Waals surface area contributed by atoms with Crippen LogP contribution in [0.1, 0.15) is 17.6 Å². The Labute approximate surface area is 131 Å². The maximum atomic E-state index is 12.0. The summed E-state index contributed by atoms with van der Waals surface area (Å²) in [5.41, 5.74) is 0. The summed E-state index contributed by atoms with van der Waals surface area (Å²) in [6.07, 6.45) is 6.27. The third-order valence-corrected chi connectivity index (χ3v) is 3.66. The molecule has 4 rings (SSSR count). The van der Waals surface area contributed by atoms with Crippen molar-refractivity contribution in [3.05, 3.63) is 54.5 Å². The summed E-state index contributed by atoms with van der Waals surface area (Å²) in [5, 5.41) is 3.89. The molecule has 0 unspecified atom stereocenters. The third-order valence-electron chi connectivity index (χ3n) is 3.66. The van der Waals surface area contributed by atoms with E-state index >= 15 is 0 Å². The molecule has 1 aliphatic heterocycles. The van der Waals surface area contributed by atoms with Crippen LogP contribution in [0.25, 0.3) is 17.7 Å². The summed E-state index contributed by atoms with van der Waals surface area (Å²) < 4.78 is 15.6. The molecule has 0 spiro atoms. The van der Waals surface area contributed by atoms with Crippen molar-refractivity contribution in [3.8, 4) is 11.6 Å². The molecular weight excluding hydrogens is 298 g/mol. The summed E-state index contributed by atoms with van der Waals surface area (Å²) in [4.78, 5) is 18.0. The molecule has 0 saturated carbocycles. The molecule has 7 nitrogen and oxygen atoms in total. The normalized spacial score (nSPS) is 15.2. The second kappa shape index (κ2) is 5.60. The minimum Gasteiger partial charge on any atom is -0.465 e. The van der Waals surface area contributed by atoms with Gasteiger partial charge in [-0.1, -0.05) is 5.16 Å². The van der Waals surface area contributed by atoms with Gasteiger partial charge >= 0.3 is 0 Å². The second-order valence-electron chi connectivity index (χ2n) is 5.22. The molecule has 1 amide bonds. The van der Waals surface area contributed by atoms with Gasteiger partial charge in [0.25, 0.3) is 0 Å². The van der Waals surface area contributed by atoms with Crippen LogP contribution in [0.3, 0.4) is 0 Å². The molecule has 7 heteroatoms. The summed E-state index contributed by atoms with van der Waals surface area (Å²) in [6, 6.07) is 7.10. The smallest absolute Gasteiger partial charge is 0.246 e. The summed E-state index contributed by atoms with van der Waals surface area (Å²) >= 11 is 0. The van der Waals surface area contributed by atoms with Gasteiger partial charge in [0.1, 0.15) is 5.76 Å². The molecule has 1 fully saturated rings. The van der Waals surface area contributed by atoms with Crippen LogP contribution in [0.15, 0.2) is 56.2 Å². The summed E-state index contributed by atoms with van der Waals surface area (Å²) in [6.45, 7) is 1.11. The van der Waals surface area contributed by atoms with Crippen LogP contribution in [-0.2, 0) is 4.79 Å². The molecule has 0 radical (unpaired) electrons. The Kier molecular flexibility index (Phi) is 3.30. The van der Waals surface area contributed by atoms with Gasteiger partial charge in [-0.05, 0) is 30.3 Å². The van der Waals surface area contributed by atoms with Gasteiger partial charge in [-0.2, -0.15) is 4.98 Å². The zero-order chi connectivity index (χ0) is 15.6. The van der Waals surface area contributed by atoms with E-state index in [0.717, 1.165) is 0 Å². The number of hydrogen-bond donors (Lipinski definition) is 0. The minimum absolute atomic E-state index is 0.0622. The van der Waals surface area contributed by atoms with E-state index in [2.05, 4.69) is 10.1 Å². The van der Waals surface area contributed by atoms with Crippen LogP contribution in [0.4, 0.5) is 0 Å². The molecule has 0 N–H and O–H groups in total. The fraction of sp³-hybridized carbons (Fsp3) is 0.188. The minimum atomic E-state index is -0.0663. The Bertz CT molecular complexity index is 812. The predicted molar refractivity (Wildman–Crippen MR) is 79.1 cm³/mol. The molecule has 0 aromatic carbocycles. The predicted octanol–water partition coefficient (Wildman–Crippen LogP) is 2.56. The van der Waals surface area contributed by atoms with E-state index < -0.39 is 0 Å². The van der Waals surface area contributed by atoms with Gasteiger partial charge in [0.15, 0.2) is 5.76 Å². The number of aromatic nitrogens is 2. The summed E-state index contributed by atoms with van der Waals surface area (Å²) in [7, 11) is 0. The van der Waals surface area contributed by atoms with E-state index in [4.69, 9.17) is 13.4 Å². The SMILES string of the molecule is O=C(C=Cc1ccco1)N1CC(c2nc(-c3ccco3)no2)C1. The van der Waals surface area contributed by atoms with Crippen molar-refractivity contribution in [2.75, 3.05) is 13.1 Å². The van der Waals surface area contributed by atoms with Gasteiger partial charge in [-0.15, -0.1) is 0 Å². The first-order chi connectivity index (χ1) is 11.3. The van der Waals surface area contributed by atoms with Crippen molar-refractivity contribution in [2.24, 2.45) is 0 Å². The van der Waals surface area contributed by atoms with Crippen molar-refractivity contribution in [1.29, 1.82) is 0 Å². The Morgan fingerprint density at radius 1 is 1.22 bits per heavy atom. The van der Waals surface area contributed by atoms with Crippen molar-refractivity contribution >= 4 is 12.0 Å². The number of amides is 1. The van der Waals surface area contributed by atoms with Crippen molar-refractivity contribution in [3.63, 3.8) is 0 Å². The zero-order valence-electron chi connectivity index (χ0n) is 12.1. The highest BCUT2D eigenvalue weighted by molar-refractivity contribution is 5.92. The lowest BCUT2D eigenvalue weighted by Crippen LogP contribution is -2.47. The van der Waals surface area contributed by atoms with Gasteiger partial charge < -0.3 is 18.3 Å². The van der Waals surface area contributed by atoms with Crippen molar-refractivity contribution in [1.82, 2.24) is 15.0 Å². The molecule has 23 heavy (non-hydrogen) atoms. The van der Waals surface area contributed by atoms with Crippen LogP contribution in [0.2, 0.25) is 0 Å². The average Bonchev–Trinajstić information content (AvgIpc) is 3.24. The number of likely N-dealkylation sites (tertiary alicyclic amines) is 1. The highest BCUT2D eigenvalue weighted by Crippen LogP contribution is 2.28. The third kappa shape index (κ3) is 2.68. The molecule has 1 aliphatic rings. The lowest BCUT2D eigenvalue weighted by Gasteiger charge is -2.36. The van der Waals surface area contributed by atoms with E-state index in [-0.39, 0.29) is 11.8 Å². The Balaban J connectivity index is 1.35. The standard InChI is InChI=1S/C16H13N3O4/c20-14(6-5-12-3-1-7-21-12)19-9-11(10-19)16-17-15(18-23-16)13-4-2-8-22-13/h1-8,11H,9-10H2. The van der Waals surface area contributed by atoms with E-state index in [1.807, 2.05) is 0 Å². The van der Waals surface area contributed by atoms with Gasteiger partial charge in [0.05, 0.1) is 18.4 Å². The number of rotatable bonds is 4. The van der Waals surface area contributed by atoms with Gasteiger partial charge in [0, 0.05) is 19.2 Å². The monoisotopic (exact) mass is 311 g/mol. The van der Waals surface area contributed by atoms with Gasteiger partial charge in [-0.3, -0.25) is 4.79 Å². The number of nitrogens with zero attached hydrogens (tertiary/aromatic N) is 3. The maximum Gasteiger partial charge on any atom is 0.246 e. The molecular formula is C16H13N3O4. The van der Waals surface area contributed by atoms with Crippen LogP contribution in [0.5, 0.6) is 0 Å². The maximum absolute atomic E-state index is 12.0. The number of furan rings is 2. The molecule has 3 aromatic heterocycles. The lowest BCUT2D eigenvalue weighted by atomic mass is 10.00. The Hall–Kier alpha value is -3.09. The average molecular weight is 311 g/mol. The summed E-state index contributed by atoms with van der Waals surface area (Å²) in [5.74, 6) is 2.16. The first kappa shape index (κ1) is 13.6. The second-order valence-corrected chi connectivity index (χ2v) is 5.22. The quantitative estimate of drug-likeness (QED) is 0.688. The zero-order valence-corrected chi connectivity index (χ0v) is 12.1. The van der Waals surface area contributed by atoms with E-state index in [1.165, 1.54) is 6.08 Å². The van der Waals surface area contributed by atoms with E-state index in [0.29, 0.717) is 36.3 Å². The molecule has 0 bridgehead atoms. The van der Waals surface area contributed by atoms with E-state index in [9.17, 15) is 4.79 Å². The molecule has 0 aliphatic carbocycles. The molecule has 3 aromatic rings. The Morgan fingerprint density at radius 2 is 2.04 bits per heavy atom.